The van der Waals surface area contributed by atoms with E-state index in [1.165, 1.54) is 19.2 Å². The number of benzene rings is 1. The van der Waals surface area contributed by atoms with Crippen LogP contribution in [0.15, 0.2) is 36.6 Å². The first-order chi connectivity index (χ1) is 12.8. The molecular formula is C22H26FNO3. The van der Waals surface area contributed by atoms with Crippen LogP contribution in [0.25, 0.3) is 11.1 Å². The molecule has 1 heterocycles. The average Bonchev–Trinajstić information content (AvgIpc) is 2.64. The molecule has 0 atom stereocenters. The van der Waals surface area contributed by atoms with Gasteiger partial charge in [-0.2, -0.15) is 0 Å². The van der Waals surface area contributed by atoms with Crippen LogP contribution in [-0.2, 0) is 11.2 Å². The number of aliphatic hydroxyl groups is 1. The second-order valence-corrected chi connectivity index (χ2v) is 7.01. The molecule has 0 aliphatic carbocycles. The normalized spacial score (nSPS) is 11.6. The second-order valence-electron chi connectivity index (χ2n) is 7.01. The molecule has 144 valence electrons. The van der Waals surface area contributed by atoms with Gasteiger partial charge in [-0.3, -0.25) is 4.98 Å². The SMILES string of the molecule is COC(=O)c1c(C(C)C)nc(C(C)C)c(CC=CO)c1-c1ccc(F)cc1. The minimum atomic E-state index is -0.477. The molecule has 1 N–H and O–H groups in total. The number of halogens is 1. The van der Waals surface area contributed by atoms with Gasteiger partial charge in [0.1, 0.15) is 5.82 Å². The largest absolute Gasteiger partial charge is 0.516 e. The number of hydrogen-bond donors (Lipinski definition) is 1. The highest BCUT2D eigenvalue weighted by atomic mass is 19.1. The van der Waals surface area contributed by atoms with Crippen molar-refractivity contribution in [2.75, 3.05) is 7.11 Å². The Labute approximate surface area is 159 Å². The Morgan fingerprint density at radius 3 is 2.22 bits per heavy atom. The van der Waals surface area contributed by atoms with E-state index in [9.17, 15) is 14.3 Å². The van der Waals surface area contributed by atoms with Crippen LogP contribution in [0.5, 0.6) is 0 Å². The van der Waals surface area contributed by atoms with Crippen LogP contribution in [0.2, 0.25) is 0 Å². The number of aromatic nitrogens is 1. The number of allylic oxidation sites excluding steroid dienone is 1. The van der Waals surface area contributed by atoms with Gasteiger partial charge in [-0.1, -0.05) is 39.8 Å². The third kappa shape index (κ3) is 4.35. The van der Waals surface area contributed by atoms with E-state index in [0.717, 1.165) is 17.5 Å². The van der Waals surface area contributed by atoms with E-state index in [1.54, 1.807) is 18.2 Å². The molecule has 0 aliphatic heterocycles. The highest BCUT2D eigenvalue weighted by Gasteiger charge is 2.27. The third-order valence-corrected chi connectivity index (χ3v) is 4.40. The van der Waals surface area contributed by atoms with Crippen LogP contribution in [-0.4, -0.2) is 23.2 Å². The van der Waals surface area contributed by atoms with E-state index in [1.807, 2.05) is 27.7 Å². The predicted molar refractivity (Wildman–Crippen MR) is 105 cm³/mol. The molecule has 5 heteroatoms. The molecule has 0 bridgehead atoms. The summed E-state index contributed by atoms with van der Waals surface area (Å²) >= 11 is 0. The quantitative estimate of drug-likeness (QED) is 0.535. The summed E-state index contributed by atoms with van der Waals surface area (Å²) in [6.07, 6.45) is 2.98. The van der Waals surface area contributed by atoms with Gasteiger partial charge in [0.05, 0.1) is 24.6 Å². The maximum atomic E-state index is 13.5. The zero-order valence-electron chi connectivity index (χ0n) is 16.4. The van der Waals surface area contributed by atoms with Crippen molar-refractivity contribution in [1.29, 1.82) is 0 Å². The van der Waals surface area contributed by atoms with Gasteiger partial charge in [0, 0.05) is 11.3 Å². The number of rotatable bonds is 6. The molecule has 4 nitrogen and oxygen atoms in total. The van der Waals surface area contributed by atoms with Crippen LogP contribution in [0.3, 0.4) is 0 Å². The molecule has 0 aliphatic rings. The minimum Gasteiger partial charge on any atom is -0.516 e. The lowest BCUT2D eigenvalue weighted by Gasteiger charge is -2.23. The maximum Gasteiger partial charge on any atom is 0.340 e. The predicted octanol–water partition coefficient (Wildman–Crippen LogP) is 5.54. The van der Waals surface area contributed by atoms with Crippen molar-refractivity contribution in [3.05, 3.63) is 64.9 Å². The lowest BCUT2D eigenvalue weighted by atomic mass is 9.86. The summed E-state index contributed by atoms with van der Waals surface area (Å²) in [5.74, 6) is -0.721. The van der Waals surface area contributed by atoms with Crippen molar-refractivity contribution in [2.24, 2.45) is 0 Å². The summed E-state index contributed by atoms with van der Waals surface area (Å²) in [4.78, 5) is 17.5. The highest BCUT2D eigenvalue weighted by molar-refractivity contribution is 5.99. The van der Waals surface area contributed by atoms with Gasteiger partial charge in [0.2, 0.25) is 0 Å². The number of methoxy groups -OCH3 is 1. The van der Waals surface area contributed by atoms with E-state index in [4.69, 9.17) is 9.72 Å². The monoisotopic (exact) mass is 371 g/mol. The molecule has 2 rings (SSSR count). The number of hydrogen-bond acceptors (Lipinski definition) is 4. The summed E-state index contributed by atoms with van der Waals surface area (Å²) in [5, 5.41) is 9.18. The Morgan fingerprint density at radius 1 is 1.15 bits per heavy atom. The first-order valence-corrected chi connectivity index (χ1v) is 9.01. The minimum absolute atomic E-state index is 0.00164. The molecule has 0 amide bonds. The molecule has 0 saturated carbocycles. The van der Waals surface area contributed by atoms with E-state index < -0.39 is 5.97 Å². The molecule has 0 radical (unpaired) electrons. The van der Waals surface area contributed by atoms with E-state index in [0.29, 0.717) is 28.8 Å². The fourth-order valence-corrected chi connectivity index (χ4v) is 3.18. The van der Waals surface area contributed by atoms with E-state index >= 15 is 0 Å². The Balaban J connectivity index is 2.99. The number of aliphatic hydroxyl groups excluding tert-OH is 1. The number of esters is 1. The number of carbonyl (C=O) groups is 1. The fraction of sp³-hybridized carbons (Fsp3) is 0.364. The van der Waals surface area contributed by atoms with Crippen LogP contribution < -0.4 is 0 Å². The summed E-state index contributed by atoms with van der Waals surface area (Å²) < 4.78 is 18.6. The topological polar surface area (TPSA) is 59.4 Å². The summed E-state index contributed by atoms with van der Waals surface area (Å²) in [5.41, 5.74) is 4.12. The van der Waals surface area contributed by atoms with E-state index in [-0.39, 0.29) is 17.7 Å². The summed E-state index contributed by atoms with van der Waals surface area (Å²) in [6, 6.07) is 6.04. The first kappa shape index (κ1) is 20.6. The Hall–Kier alpha value is -2.69. The number of pyridine rings is 1. The van der Waals surface area contributed by atoms with Crippen molar-refractivity contribution >= 4 is 5.97 Å². The molecule has 0 saturated heterocycles. The molecule has 1 aromatic carbocycles. The molecule has 1 aromatic heterocycles. The lowest BCUT2D eigenvalue weighted by Crippen LogP contribution is -2.16. The van der Waals surface area contributed by atoms with Crippen molar-refractivity contribution < 1.29 is 19.0 Å². The summed E-state index contributed by atoms with van der Waals surface area (Å²) in [6.45, 7) is 8.01. The molecule has 2 aromatic rings. The molecule has 0 unspecified atom stereocenters. The van der Waals surface area contributed by atoms with Crippen LogP contribution in [0, 0.1) is 5.82 Å². The molecule has 0 spiro atoms. The summed E-state index contributed by atoms with van der Waals surface area (Å²) in [7, 11) is 1.34. The van der Waals surface area contributed by atoms with Crippen LogP contribution in [0.1, 0.15) is 66.8 Å². The van der Waals surface area contributed by atoms with Crippen LogP contribution >= 0.6 is 0 Å². The number of ether oxygens (including phenoxy) is 1. The van der Waals surface area contributed by atoms with Crippen LogP contribution in [0.4, 0.5) is 4.39 Å². The zero-order valence-corrected chi connectivity index (χ0v) is 16.4. The highest BCUT2D eigenvalue weighted by Crippen LogP contribution is 2.37. The Kier molecular flexibility index (Phi) is 6.72. The zero-order chi connectivity index (χ0) is 20.1. The Bertz CT molecular complexity index is 840. The van der Waals surface area contributed by atoms with Crippen molar-refractivity contribution in [3.8, 4) is 11.1 Å². The maximum absolute atomic E-state index is 13.5. The number of carbonyl (C=O) groups excluding carboxylic acids is 1. The first-order valence-electron chi connectivity index (χ1n) is 9.01. The van der Waals surface area contributed by atoms with Crippen molar-refractivity contribution in [2.45, 2.75) is 46.0 Å². The van der Waals surface area contributed by atoms with Gasteiger partial charge in [-0.15, -0.1) is 0 Å². The standard InChI is InChI=1S/C22H26FNO3/c1-13(2)20-17(7-6-12-25)18(15-8-10-16(23)11-9-15)19(22(26)27-5)21(24-20)14(3)4/h6,8-14,25H,7H2,1-5H3. The third-order valence-electron chi connectivity index (χ3n) is 4.40. The fourth-order valence-electron chi connectivity index (χ4n) is 3.18. The van der Waals surface area contributed by atoms with Gasteiger partial charge in [0.15, 0.2) is 0 Å². The second kappa shape index (κ2) is 8.80. The van der Waals surface area contributed by atoms with E-state index in [2.05, 4.69) is 0 Å². The average molecular weight is 371 g/mol. The van der Waals surface area contributed by atoms with Gasteiger partial charge in [-0.05, 0) is 47.6 Å². The van der Waals surface area contributed by atoms with Crippen molar-refractivity contribution in [3.63, 3.8) is 0 Å². The molecule has 0 fully saturated rings. The molecule has 27 heavy (non-hydrogen) atoms. The molecular weight excluding hydrogens is 345 g/mol. The van der Waals surface area contributed by atoms with Gasteiger partial charge < -0.3 is 9.84 Å². The Morgan fingerprint density at radius 2 is 1.74 bits per heavy atom. The number of nitrogens with zero attached hydrogens (tertiary/aromatic N) is 1. The van der Waals surface area contributed by atoms with Crippen molar-refractivity contribution in [1.82, 2.24) is 4.98 Å². The van der Waals surface area contributed by atoms with Gasteiger partial charge in [0.25, 0.3) is 0 Å². The lowest BCUT2D eigenvalue weighted by molar-refractivity contribution is 0.0599. The van der Waals surface area contributed by atoms with Gasteiger partial charge >= 0.3 is 5.97 Å². The smallest absolute Gasteiger partial charge is 0.340 e. The van der Waals surface area contributed by atoms with Gasteiger partial charge in [-0.25, -0.2) is 9.18 Å².